The molecule has 0 heterocycles. The standard InChI is InChI=1S/C13H10BrClN2O3S/c14-9-2-4-12(16)13(5-9)21(20)7-8-1-3-10(17(18)19)6-11(8)15/h1-6H,7,16H2. The van der Waals surface area contributed by atoms with Gasteiger partial charge >= 0.3 is 0 Å². The van der Waals surface area contributed by atoms with Crippen LogP contribution in [0.2, 0.25) is 5.02 Å². The maximum atomic E-state index is 12.4. The van der Waals surface area contributed by atoms with Gasteiger partial charge in [0.15, 0.2) is 0 Å². The molecule has 110 valence electrons. The average Bonchev–Trinajstić information content (AvgIpc) is 2.43. The summed E-state index contributed by atoms with van der Waals surface area (Å²) in [4.78, 5) is 10.6. The third-order valence-electron chi connectivity index (χ3n) is 2.75. The van der Waals surface area contributed by atoms with Gasteiger partial charge in [-0.05, 0) is 29.8 Å². The molecule has 2 aromatic rings. The molecule has 2 aromatic carbocycles. The van der Waals surface area contributed by atoms with E-state index in [1.807, 2.05) is 0 Å². The van der Waals surface area contributed by atoms with Crippen LogP contribution >= 0.6 is 27.5 Å². The van der Waals surface area contributed by atoms with Crippen molar-refractivity contribution in [2.75, 3.05) is 5.73 Å². The van der Waals surface area contributed by atoms with E-state index in [4.69, 9.17) is 17.3 Å². The van der Waals surface area contributed by atoms with Crippen molar-refractivity contribution in [1.29, 1.82) is 0 Å². The highest BCUT2D eigenvalue weighted by molar-refractivity contribution is 9.10. The SMILES string of the molecule is Nc1ccc(Br)cc1S(=O)Cc1ccc([N+](=O)[O-])cc1Cl. The summed E-state index contributed by atoms with van der Waals surface area (Å²) in [5, 5.41) is 10.9. The maximum absolute atomic E-state index is 12.4. The van der Waals surface area contributed by atoms with Crippen molar-refractivity contribution in [3.63, 3.8) is 0 Å². The molecule has 1 atom stereocenters. The summed E-state index contributed by atoms with van der Waals surface area (Å²) in [5.41, 5.74) is 6.70. The molecule has 0 spiro atoms. The third-order valence-corrected chi connectivity index (χ3v) is 5.02. The van der Waals surface area contributed by atoms with Gasteiger partial charge in [-0.3, -0.25) is 14.3 Å². The van der Waals surface area contributed by atoms with Gasteiger partial charge in [0, 0.05) is 22.3 Å². The number of hydrogen-bond acceptors (Lipinski definition) is 4. The van der Waals surface area contributed by atoms with Gasteiger partial charge in [-0.25, -0.2) is 0 Å². The van der Waals surface area contributed by atoms with Crippen LogP contribution in [-0.2, 0) is 16.6 Å². The number of nitro groups is 1. The summed E-state index contributed by atoms with van der Waals surface area (Å²) >= 11 is 9.30. The lowest BCUT2D eigenvalue weighted by Crippen LogP contribution is -2.02. The Hall–Kier alpha value is -1.44. The minimum Gasteiger partial charge on any atom is -0.398 e. The number of nitrogens with two attached hydrogens (primary N) is 1. The summed E-state index contributed by atoms with van der Waals surface area (Å²) in [6.07, 6.45) is 0. The first-order chi connectivity index (χ1) is 9.88. The highest BCUT2D eigenvalue weighted by Gasteiger charge is 2.14. The van der Waals surface area contributed by atoms with Gasteiger partial charge in [0.1, 0.15) is 0 Å². The van der Waals surface area contributed by atoms with Crippen LogP contribution in [0.1, 0.15) is 5.56 Å². The van der Waals surface area contributed by atoms with E-state index < -0.39 is 15.7 Å². The van der Waals surface area contributed by atoms with Gasteiger partial charge in [0.05, 0.1) is 31.4 Å². The molecule has 2 N–H and O–H groups in total. The molecule has 0 amide bonds. The number of nitro benzene ring substituents is 1. The number of nitrogen functional groups attached to an aromatic ring is 1. The third kappa shape index (κ3) is 3.81. The first-order valence-corrected chi connectivity index (χ1v) is 8.23. The van der Waals surface area contributed by atoms with E-state index in [0.717, 1.165) is 4.47 Å². The van der Waals surface area contributed by atoms with E-state index in [1.165, 1.54) is 18.2 Å². The van der Waals surface area contributed by atoms with E-state index >= 15 is 0 Å². The first kappa shape index (κ1) is 15.9. The van der Waals surface area contributed by atoms with E-state index in [1.54, 1.807) is 18.2 Å². The number of nitrogens with zero attached hydrogens (tertiary/aromatic N) is 1. The molecule has 8 heteroatoms. The molecule has 0 fully saturated rings. The monoisotopic (exact) mass is 388 g/mol. The summed E-state index contributed by atoms with van der Waals surface area (Å²) in [6, 6.07) is 9.20. The van der Waals surface area contributed by atoms with Gasteiger partial charge in [-0.2, -0.15) is 0 Å². The van der Waals surface area contributed by atoms with Crippen molar-refractivity contribution < 1.29 is 9.13 Å². The predicted molar refractivity (Wildman–Crippen MR) is 86.8 cm³/mol. The second-order valence-corrected chi connectivity index (χ2v) is 6.95. The molecular weight excluding hydrogens is 380 g/mol. The number of benzene rings is 2. The van der Waals surface area contributed by atoms with E-state index in [0.29, 0.717) is 16.1 Å². The van der Waals surface area contributed by atoms with Gasteiger partial charge in [0.25, 0.3) is 5.69 Å². The van der Waals surface area contributed by atoms with Crippen LogP contribution in [-0.4, -0.2) is 9.13 Å². The fourth-order valence-corrected chi connectivity index (χ4v) is 3.80. The zero-order chi connectivity index (χ0) is 15.6. The van der Waals surface area contributed by atoms with Crippen molar-refractivity contribution >= 4 is 49.7 Å². The van der Waals surface area contributed by atoms with Crippen LogP contribution in [0.15, 0.2) is 45.8 Å². The molecule has 0 aliphatic heterocycles. The summed E-state index contributed by atoms with van der Waals surface area (Å²) in [6.45, 7) is 0. The second-order valence-electron chi connectivity index (χ2n) is 4.20. The number of non-ortho nitro benzene ring substituents is 1. The van der Waals surface area contributed by atoms with Gasteiger partial charge in [-0.15, -0.1) is 0 Å². The Morgan fingerprint density at radius 1 is 1.29 bits per heavy atom. The quantitative estimate of drug-likeness (QED) is 0.488. The first-order valence-electron chi connectivity index (χ1n) is 5.74. The topological polar surface area (TPSA) is 86.2 Å². The molecule has 0 saturated carbocycles. The van der Waals surface area contributed by atoms with E-state index in [9.17, 15) is 14.3 Å². The fraction of sp³-hybridized carbons (Fsp3) is 0.0769. The average molecular weight is 390 g/mol. The molecule has 2 rings (SSSR count). The highest BCUT2D eigenvalue weighted by atomic mass is 79.9. The highest BCUT2D eigenvalue weighted by Crippen LogP contribution is 2.27. The molecule has 1 unspecified atom stereocenters. The Morgan fingerprint density at radius 3 is 2.62 bits per heavy atom. The van der Waals surface area contributed by atoms with Crippen molar-refractivity contribution in [2.45, 2.75) is 10.6 Å². The van der Waals surface area contributed by atoms with Crippen molar-refractivity contribution in [3.05, 3.63) is 61.6 Å². The number of halogens is 2. The number of anilines is 1. The van der Waals surface area contributed by atoms with Crippen LogP contribution in [0, 0.1) is 10.1 Å². The van der Waals surface area contributed by atoms with Crippen LogP contribution in [0.5, 0.6) is 0 Å². The minimum atomic E-state index is -1.39. The largest absolute Gasteiger partial charge is 0.398 e. The van der Waals surface area contributed by atoms with Gasteiger partial charge in [-0.1, -0.05) is 27.5 Å². The number of hydrogen-bond donors (Lipinski definition) is 1. The molecule has 0 radical (unpaired) electrons. The normalized spacial score (nSPS) is 12.1. The zero-order valence-electron chi connectivity index (χ0n) is 10.6. The van der Waals surface area contributed by atoms with Crippen LogP contribution in [0.25, 0.3) is 0 Å². The Kier molecular flexibility index (Phi) is 4.97. The van der Waals surface area contributed by atoms with Crippen molar-refractivity contribution in [1.82, 2.24) is 0 Å². The Balaban J connectivity index is 2.27. The van der Waals surface area contributed by atoms with E-state index in [2.05, 4.69) is 15.9 Å². The summed E-state index contributed by atoms with van der Waals surface area (Å²) in [5.74, 6) is 0.136. The predicted octanol–water partition coefficient (Wildman–Crippen LogP) is 3.90. The summed E-state index contributed by atoms with van der Waals surface area (Å²) < 4.78 is 13.1. The second kappa shape index (κ2) is 6.55. The molecule has 0 aliphatic rings. The smallest absolute Gasteiger partial charge is 0.270 e. The molecule has 5 nitrogen and oxygen atoms in total. The van der Waals surface area contributed by atoms with Crippen LogP contribution in [0.3, 0.4) is 0 Å². The zero-order valence-corrected chi connectivity index (χ0v) is 13.7. The van der Waals surface area contributed by atoms with Crippen LogP contribution < -0.4 is 5.73 Å². The molecule has 0 aromatic heterocycles. The Bertz CT molecular complexity index is 739. The number of rotatable bonds is 4. The lowest BCUT2D eigenvalue weighted by Gasteiger charge is -2.08. The van der Waals surface area contributed by atoms with Gasteiger partial charge in [0.2, 0.25) is 0 Å². The van der Waals surface area contributed by atoms with Crippen LogP contribution in [0.4, 0.5) is 11.4 Å². The van der Waals surface area contributed by atoms with Gasteiger partial charge < -0.3 is 5.73 Å². The van der Waals surface area contributed by atoms with E-state index in [-0.39, 0.29) is 16.5 Å². The molecule has 0 saturated heterocycles. The molecule has 0 bridgehead atoms. The Morgan fingerprint density at radius 2 is 2.00 bits per heavy atom. The van der Waals surface area contributed by atoms with Crippen molar-refractivity contribution in [3.8, 4) is 0 Å². The Labute approximate surface area is 136 Å². The molecule has 21 heavy (non-hydrogen) atoms. The van der Waals surface area contributed by atoms with Crippen molar-refractivity contribution in [2.24, 2.45) is 0 Å². The summed E-state index contributed by atoms with van der Waals surface area (Å²) in [7, 11) is -1.39. The molecular formula is C13H10BrClN2O3S. The minimum absolute atomic E-state index is 0.100. The molecule has 0 aliphatic carbocycles. The lowest BCUT2D eigenvalue weighted by molar-refractivity contribution is -0.384. The fourth-order valence-electron chi connectivity index (χ4n) is 1.69. The maximum Gasteiger partial charge on any atom is 0.270 e. The lowest BCUT2D eigenvalue weighted by atomic mass is 10.2.